The zero-order chi connectivity index (χ0) is 18.0. The van der Waals surface area contributed by atoms with Crippen LogP contribution in [0.25, 0.3) is 0 Å². The van der Waals surface area contributed by atoms with Crippen LogP contribution in [0.4, 0.5) is 21.6 Å². The standard InChI is InChI=1S/C17H19FN4O3/c1-9(18)7-20-16-15-13(10(8-21-16)17(23)19-2)22-14-11(24-3)5-4-6-12(14)25-15/h4-6,8-9,22H,7H2,1-3H3,(H,19,23)(H,20,21). The number of nitrogens with zero attached hydrogens (tertiary/aromatic N) is 1. The zero-order valence-corrected chi connectivity index (χ0v) is 14.1. The van der Waals surface area contributed by atoms with Crippen molar-refractivity contribution < 1.29 is 18.7 Å². The highest BCUT2D eigenvalue weighted by molar-refractivity contribution is 6.03. The smallest absolute Gasteiger partial charge is 0.254 e. The quantitative estimate of drug-likeness (QED) is 0.658. The number of aromatic nitrogens is 1. The first-order chi connectivity index (χ1) is 12.0. The number of carbonyl (C=O) groups is 1. The Hall–Kier alpha value is -3.03. The molecule has 1 aliphatic rings. The van der Waals surface area contributed by atoms with E-state index in [0.29, 0.717) is 40.0 Å². The van der Waals surface area contributed by atoms with Crippen molar-refractivity contribution in [2.24, 2.45) is 0 Å². The second kappa shape index (κ2) is 6.84. The zero-order valence-electron chi connectivity index (χ0n) is 14.1. The molecule has 0 radical (unpaired) electrons. The predicted molar refractivity (Wildman–Crippen MR) is 93.0 cm³/mol. The minimum atomic E-state index is -1.06. The molecule has 25 heavy (non-hydrogen) atoms. The number of nitrogens with one attached hydrogen (secondary N) is 3. The van der Waals surface area contributed by atoms with Crippen molar-refractivity contribution in [2.75, 3.05) is 31.3 Å². The van der Waals surface area contributed by atoms with Crippen molar-refractivity contribution in [1.29, 1.82) is 0 Å². The van der Waals surface area contributed by atoms with Crippen LogP contribution in [0.15, 0.2) is 24.4 Å². The molecule has 0 aliphatic carbocycles. The van der Waals surface area contributed by atoms with Gasteiger partial charge in [-0.25, -0.2) is 9.37 Å². The number of hydrogen-bond donors (Lipinski definition) is 3. The topological polar surface area (TPSA) is 84.5 Å². The molecule has 1 aromatic carbocycles. The highest BCUT2D eigenvalue weighted by Crippen LogP contribution is 2.49. The van der Waals surface area contributed by atoms with Crippen LogP contribution in [0.3, 0.4) is 0 Å². The monoisotopic (exact) mass is 346 g/mol. The van der Waals surface area contributed by atoms with Crippen LogP contribution in [0, 0.1) is 0 Å². The van der Waals surface area contributed by atoms with Crippen LogP contribution in [-0.4, -0.2) is 37.8 Å². The molecule has 2 aromatic rings. The van der Waals surface area contributed by atoms with Gasteiger partial charge in [0.25, 0.3) is 5.91 Å². The fourth-order valence-corrected chi connectivity index (χ4v) is 2.51. The fraction of sp³-hybridized carbons (Fsp3) is 0.294. The molecule has 0 spiro atoms. The summed E-state index contributed by atoms with van der Waals surface area (Å²) in [6.07, 6.45) is 0.361. The molecule has 132 valence electrons. The first kappa shape index (κ1) is 16.8. The molecular formula is C17H19FN4O3. The van der Waals surface area contributed by atoms with E-state index in [-0.39, 0.29) is 12.5 Å². The minimum absolute atomic E-state index is 0.0765. The second-order valence-electron chi connectivity index (χ2n) is 5.53. The summed E-state index contributed by atoms with van der Waals surface area (Å²) in [7, 11) is 3.08. The van der Waals surface area contributed by atoms with Crippen molar-refractivity contribution in [1.82, 2.24) is 10.3 Å². The fourth-order valence-electron chi connectivity index (χ4n) is 2.51. The maximum Gasteiger partial charge on any atom is 0.254 e. The summed E-state index contributed by atoms with van der Waals surface area (Å²) < 4.78 is 24.5. The van der Waals surface area contributed by atoms with Gasteiger partial charge < -0.3 is 25.4 Å². The molecule has 1 unspecified atom stereocenters. The van der Waals surface area contributed by atoms with Gasteiger partial charge in [-0.15, -0.1) is 0 Å². The average Bonchev–Trinajstić information content (AvgIpc) is 2.63. The number of fused-ring (bicyclic) bond motifs is 2. The summed E-state index contributed by atoms with van der Waals surface area (Å²) in [5.74, 6) is 1.48. The Morgan fingerprint density at radius 3 is 2.92 bits per heavy atom. The summed E-state index contributed by atoms with van der Waals surface area (Å²) in [6, 6.07) is 5.34. The van der Waals surface area contributed by atoms with Gasteiger partial charge in [0.2, 0.25) is 0 Å². The van der Waals surface area contributed by atoms with Gasteiger partial charge in [0.1, 0.15) is 23.3 Å². The van der Waals surface area contributed by atoms with Gasteiger partial charge in [-0.1, -0.05) is 6.07 Å². The molecule has 1 aliphatic heterocycles. The summed E-state index contributed by atoms with van der Waals surface area (Å²) in [6.45, 7) is 1.52. The van der Waals surface area contributed by atoms with Crippen molar-refractivity contribution >= 4 is 23.1 Å². The van der Waals surface area contributed by atoms with Gasteiger partial charge in [0.05, 0.1) is 12.7 Å². The molecule has 3 N–H and O–H groups in total. The Morgan fingerprint density at radius 1 is 1.44 bits per heavy atom. The Morgan fingerprint density at radius 2 is 2.24 bits per heavy atom. The third kappa shape index (κ3) is 3.15. The van der Waals surface area contributed by atoms with E-state index in [0.717, 1.165) is 0 Å². The highest BCUT2D eigenvalue weighted by atomic mass is 19.1. The van der Waals surface area contributed by atoms with Crippen molar-refractivity contribution in [3.8, 4) is 17.2 Å². The largest absolute Gasteiger partial charge is 0.494 e. The van der Waals surface area contributed by atoms with Crippen LogP contribution in [0.2, 0.25) is 0 Å². The van der Waals surface area contributed by atoms with Crippen LogP contribution in [0.1, 0.15) is 17.3 Å². The van der Waals surface area contributed by atoms with E-state index in [1.54, 1.807) is 25.3 Å². The number of methoxy groups -OCH3 is 1. The van der Waals surface area contributed by atoms with Crippen LogP contribution < -0.4 is 25.4 Å². The van der Waals surface area contributed by atoms with Crippen LogP contribution in [-0.2, 0) is 0 Å². The number of para-hydroxylation sites is 1. The number of rotatable bonds is 5. The Labute approximate surface area is 144 Å². The summed E-state index contributed by atoms with van der Waals surface area (Å²) >= 11 is 0. The van der Waals surface area contributed by atoms with Crippen molar-refractivity contribution in [2.45, 2.75) is 13.1 Å². The molecule has 0 bridgehead atoms. The number of alkyl halides is 1. The van der Waals surface area contributed by atoms with Crippen molar-refractivity contribution in [3.63, 3.8) is 0 Å². The Balaban J connectivity index is 2.09. The minimum Gasteiger partial charge on any atom is -0.494 e. The van der Waals surface area contributed by atoms with Gasteiger partial charge in [-0.2, -0.15) is 0 Å². The number of pyridine rings is 1. The van der Waals surface area contributed by atoms with Gasteiger partial charge in [-0.05, 0) is 19.1 Å². The lowest BCUT2D eigenvalue weighted by atomic mass is 10.1. The van der Waals surface area contributed by atoms with Crippen LogP contribution in [0.5, 0.6) is 17.2 Å². The van der Waals surface area contributed by atoms with Gasteiger partial charge in [0, 0.05) is 19.8 Å². The molecule has 3 rings (SSSR count). The third-order valence-electron chi connectivity index (χ3n) is 3.73. The van der Waals surface area contributed by atoms with Gasteiger partial charge in [-0.3, -0.25) is 4.79 Å². The number of ether oxygens (including phenoxy) is 2. The van der Waals surface area contributed by atoms with Gasteiger partial charge >= 0.3 is 0 Å². The molecule has 0 saturated heterocycles. The van der Waals surface area contributed by atoms with Crippen molar-refractivity contribution in [3.05, 3.63) is 30.0 Å². The SMILES string of the molecule is CNC(=O)c1cnc(NCC(C)F)c2c1Nc1c(OC)cccc1O2. The number of amides is 1. The number of anilines is 3. The highest BCUT2D eigenvalue weighted by Gasteiger charge is 2.28. The number of hydrogen-bond acceptors (Lipinski definition) is 6. The molecule has 1 amide bonds. The summed E-state index contributed by atoms with van der Waals surface area (Å²) in [5, 5.41) is 8.66. The lowest BCUT2D eigenvalue weighted by molar-refractivity contribution is 0.0963. The Bertz CT molecular complexity index is 811. The van der Waals surface area contributed by atoms with E-state index in [1.165, 1.54) is 20.2 Å². The van der Waals surface area contributed by atoms with Gasteiger partial charge in [0.15, 0.2) is 17.3 Å². The van der Waals surface area contributed by atoms with E-state index in [9.17, 15) is 9.18 Å². The lowest BCUT2D eigenvalue weighted by Gasteiger charge is -2.26. The van der Waals surface area contributed by atoms with E-state index in [2.05, 4.69) is 20.9 Å². The second-order valence-corrected chi connectivity index (χ2v) is 5.53. The predicted octanol–water partition coefficient (Wildman–Crippen LogP) is 3.07. The number of halogens is 1. The maximum atomic E-state index is 13.2. The number of carbonyl (C=O) groups excluding carboxylic acids is 1. The molecule has 0 fully saturated rings. The molecular weight excluding hydrogens is 327 g/mol. The normalized spacial score (nSPS) is 12.8. The summed E-state index contributed by atoms with van der Waals surface area (Å²) in [5.41, 5.74) is 1.37. The molecule has 1 aromatic heterocycles. The van der Waals surface area contributed by atoms with Crippen LogP contribution >= 0.6 is 0 Å². The number of benzene rings is 1. The van der Waals surface area contributed by atoms with E-state index < -0.39 is 6.17 Å². The molecule has 8 heteroatoms. The first-order valence-electron chi connectivity index (χ1n) is 7.80. The molecule has 1 atom stereocenters. The van der Waals surface area contributed by atoms with E-state index in [1.807, 2.05) is 0 Å². The lowest BCUT2D eigenvalue weighted by Crippen LogP contribution is -2.22. The van der Waals surface area contributed by atoms with E-state index >= 15 is 0 Å². The first-order valence-corrected chi connectivity index (χ1v) is 7.80. The van der Waals surface area contributed by atoms with E-state index in [4.69, 9.17) is 9.47 Å². The average molecular weight is 346 g/mol. The third-order valence-corrected chi connectivity index (χ3v) is 3.73. The molecule has 2 heterocycles. The maximum absolute atomic E-state index is 13.2. The molecule has 0 saturated carbocycles. The molecule has 7 nitrogen and oxygen atoms in total. The Kier molecular flexibility index (Phi) is 4.60. The summed E-state index contributed by atoms with van der Waals surface area (Å²) in [4.78, 5) is 16.4.